The van der Waals surface area contributed by atoms with Crippen LogP contribution in [0.15, 0.2) is 23.1 Å². The highest BCUT2D eigenvalue weighted by Crippen LogP contribution is 2.18. The molecule has 0 aliphatic rings. The van der Waals surface area contributed by atoms with E-state index in [1.165, 1.54) is 0 Å². The number of hydrogen-bond acceptors (Lipinski definition) is 4. The second kappa shape index (κ2) is 3.56. The molecule has 2 N–H and O–H groups in total. The van der Waals surface area contributed by atoms with Gasteiger partial charge in [0, 0.05) is 10.6 Å². The summed E-state index contributed by atoms with van der Waals surface area (Å²) in [5.41, 5.74) is -0.404. The van der Waals surface area contributed by atoms with E-state index >= 15 is 0 Å². The molecule has 0 spiro atoms. The average molecular weight is 235 g/mol. The second-order valence-electron chi connectivity index (χ2n) is 2.47. The van der Waals surface area contributed by atoms with Crippen molar-refractivity contribution in [3.05, 3.63) is 28.8 Å². The van der Waals surface area contributed by atoms with E-state index in [1.807, 2.05) is 0 Å². The molecular formula is C7H5ClNO4S-. The highest BCUT2D eigenvalue weighted by molar-refractivity contribution is 7.89. The summed E-state index contributed by atoms with van der Waals surface area (Å²) in [5.74, 6) is -1.56. The lowest BCUT2D eigenvalue weighted by molar-refractivity contribution is -0.255. The second-order valence-corrected chi connectivity index (χ2v) is 4.44. The van der Waals surface area contributed by atoms with Gasteiger partial charge in [0.05, 0.1) is 10.9 Å². The molecule has 0 atom stereocenters. The lowest BCUT2D eigenvalue weighted by Crippen LogP contribution is -2.23. The van der Waals surface area contributed by atoms with Crippen LogP contribution < -0.4 is 10.2 Å². The van der Waals surface area contributed by atoms with Gasteiger partial charge in [0.2, 0.25) is 10.0 Å². The number of hydrogen-bond donors (Lipinski definition) is 1. The summed E-state index contributed by atoms with van der Waals surface area (Å²) >= 11 is 5.48. The van der Waals surface area contributed by atoms with Crippen LogP contribution in [0.25, 0.3) is 0 Å². The molecule has 0 bridgehead atoms. The van der Waals surface area contributed by atoms with Crippen molar-refractivity contribution in [2.45, 2.75) is 4.90 Å². The van der Waals surface area contributed by atoms with E-state index in [0.29, 0.717) is 0 Å². The highest BCUT2D eigenvalue weighted by Gasteiger charge is 2.10. The van der Waals surface area contributed by atoms with Crippen LogP contribution in [-0.4, -0.2) is 14.4 Å². The predicted octanol–water partition coefficient (Wildman–Crippen LogP) is -0.649. The van der Waals surface area contributed by atoms with Gasteiger partial charge in [-0.1, -0.05) is 11.6 Å². The summed E-state index contributed by atoms with van der Waals surface area (Å²) in [6.07, 6.45) is 0. The molecule has 0 radical (unpaired) electrons. The van der Waals surface area contributed by atoms with E-state index in [2.05, 4.69) is 0 Å². The Kier molecular flexibility index (Phi) is 2.79. The Hall–Kier alpha value is -1.11. The zero-order chi connectivity index (χ0) is 10.9. The minimum absolute atomic E-state index is 0.0996. The molecule has 1 aromatic rings. The van der Waals surface area contributed by atoms with E-state index in [4.69, 9.17) is 16.7 Å². The maximum atomic E-state index is 10.8. The fourth-order valence-corrected chi connectivity index (χ4v) is 1.57. The third-order valence-electron chi connectivity index (χ3n) is 1.49. The smallest absolute Gasteiger partial charge is 0.238 e. The van der Waals surface area contributed by atoms with Crippen molar-refractivity contribution in [3.63, 3.8) is 0 Å². The number of nitrogens with two attached hydrogens (primary N) is 1. The average Bonchev–Trinajstić information content (AvgIpc) is 2.02. The minimum atomic E-state index is -3.93. The number of rotatable bonds is 2. The third kappa shape index (κ3) is 2.22. The first-order valence-electron chi connectivity index (χ1n) is 3.36. The first kappa shape index (κ1) is 11.0. The lowest BCUT2D eigenvalue weighted by atomic mass is 10.2. The van der Waals surface area contributed by atoms with Gasteiger partial charge in [0.1, 0.15) is 0 Å². The van der Waals surface area contributed by atoms with Crippen LogP contribution in [0.5, 0.6) is 0 Å². The van der Waals surface area contributed by atoms with Crippen LogP contribution in [0, 0.1) is 0 Å². The molecule has 0 saturated carbocycles. The van der Waals surface area contributed by atoms with Crippen LogP contribution in [0.2, 0.25) is 5.02 Å². The van der Waals surface area contributed by atoms with E-state index in [1.54, 1.807) is 0 Å². The molecule has 0 unspecified atom stereocenters. The molecule has 0 aromatic heterocycles. The van der Waals surface area contributed by atoms with Gasteiger partial charge in [-0.3, -0.25) is 0 Å². The summed E-state index contributed by atoms with van der Waals surface area (Å²) in [6.45, 7) is 0. The monoisotopic (exact) mass is 234 g/mol. The number of carboxylic acids is 1. The number of primary sulfonamides is 1. The van der Waals surface area contributed by atoms with Crippen molar-refractivity contribution < 1.29 is 18.3 Å². The zero-order valence-electron chi connectivity index (χ0n) is 6.73. The maximum Gasteiger partial charge on any atom is 0.238 e. The largest absolute Gasteiger partial charge is 0.545 e. The summed E-state index contributed by atoms with van der Waals surface area (Å²) < 4.78 is 21.7. The standard InChI is InChI=1S/C7H6ClNO4S/c8-6-2-1-4(14(9,12)13)3-5(6)7(10)11/h1-3H,(H,10,11)(H2,9,12,13)/p-1. The van der Waals surface area contributed by atoms with Crippen LogP contribution in [-0.2, 0) is 10.0 Å². The van der Waals surface area contributed by atoms with Crippen LogP contribution in [0.4, 0.5) is 0 Å². The molecule has 1 rings (SSSR count). The Morgan fingerprint density at radius 1 is 1.43 bits per heavy atom. The number of sulfonamides is 1. The van der Waals surface area contributed by atoms with Gasteiger partial charge in [0.15, 0.2) is 0 Å². The van der Waals surface area contributed by atoms with Gasteiger partial charge < -0.3 is 9.90 Å². The van der Waals surface area contributed by atoms with Crippen molar-refractivity contribution >= 4 is 27.6 Å². The predicted molar refractivity (Wildman–Crippen MR) is 47.2 cm³/mol. The summed E-state index contributed by atoms with van der Waals surface area (Å²) in [4.78, 5) is 10.2. The Morgan fingerprint density at radius 3 is 2.43 bits per heavy atom. The normalized spacial score (nSPS) is 11.3. The van der Waals surface area contributed by atoms with Crippen LogP contribution in [0.3, 0.4) is 0 Å². The van der Waals surface area contributed by atoms with E-state index in [-0.39, 0.29) is 9.92 Å². The fraction of sp³-hybridized carbons (Fsp3) is 0. The molecule has 0 aliphatic carbocycles. The first-order valence-corrected chi connectivity index (χ1v) is 5.28. The molecule has 0 saturated heterocycles. The number of carboxylic acid groups (broad SMARTS) is 1. The Morgan fingerprint density at radius 2 is 2.00 bits per heavy atom. The van der Waals surface area contributed by atoms with Gasteiger partial charge >= 0.3 is 0 Å². The van der Waals surface area contributed by atoms with Crippen molar-refractivity contribution in [2.24, 2.45) is 5.14 Å². The number of carbonyl (C=O) groups excluding carboxylic acids is 1. The number of carbonyl (C=O) groups is 1. The molecule has 0 amide bonds. The molecular weight excluding hydrogens is 230 g/mol. The molecule has 5 nitrogen and oxygen atoms in total. The van der Waals surface area contributed by atoms with Gasteiger partial charge in [-0.2, -0.15) is 0 Å². The Bertz CT molecular complexity index is 482. The maximum absolute atomic E-state index is 10.8. The topological polar surface area (TPSA) is 100 Å². The van der Waals surface area contributed by atoms with Crippen LogP contribution in [0.1, 0.15) is 10.4 Å². The molecule has 0 fully saturated rings. The zero-order valence-corrected chi connectivity index (χ0v) is 8.30. The lowest BCUT2D eigenvalue weighted by Gasteiger charge is -2.06. The van der Waals surface area contributed by atoms with Gasteiger partial charge in [-0.05, 0) is 18.2 Å². The third-order valence-corrected chi connectivity index (χ3v) is 2.73. The molecule has 0 aliphatic heterocycles. The van der Waals surface area contributed by atoms with Crippen molar-refractivity contribution in [1.82, 2.24) is 0 Å². The van der Waals surface area contributed by atoms with Crippen molar-refractivity contribution in [2.75, 3.05) is 0 Å². The van der Waals surface area contributed by atoms with Crippen molar-refractivity contribution in [3.8, 4) is 0 Å². The summed E-state index contributed by atoms with van der Waals surface area (Å²) in [7, 11) is -3.93. The number of aromatic carboxylic acids is 1. The fourth-order valence-electron chi connectivity index (χ4n) is 0.838. The van der Waals surface area contributed by atoms with Gasteiger partial charge in [-0.25, -0.2) is 13.6 Å². The van der Waals surface area contributed by atoms with E-state index in [0.717, 1.165) is 18.2 Å². The number of halogens is 1. The first-order chi connectivity index (χ1) is 6.32. The molecule has 14 heavy (non-hydrogen) atoms. The summed E-state index contributed by atoms with van der Waals surface area (Å²) in [6, 6.07) is 3.10. The Labute approximate surface area is 85.2 Å². The molecule has 0 heterocycles. The van der Waals surface area contributed by atoms with Crippen LogP contribution >= 0.6 is 11.6 Å². The quantitative estimate of drug-likeness (QED) is 0.735. The molecule has 76 valence electrons. The minimum Gasteiger partial charge on any atom is -0.545 e. The molecule has 7 heteroatoms. The number of benzene rings is 1. The SMILES string of the molecule is NS(=O)(=O)c1ccc(Cl)c(C(=O)[O-])c1. The van der Waals surface area contributed by atoms with Gasteiger partial charge in [0.25, 0.3) is 0 Å². The van der Waals surface area contributed by atoms with Gasteiger partial charge in [-0.15, -0.1) is 0 Å². The summed E-state index contributed by atoms with van der Waals surface area (Å²) in [5, 5.41) is 15.2. The van der Waals surface area contributed by atoms with E-state index in [9.17, 15) is 18.3 Å². The molecule has 1 aromatic carbocycles. The Balaban J connectivity index is 3.42. The highest BCUT2D eigenvalue weighted by atomic mass is 35.5. The van der Waals surface area contributed by atoms with E-state index < -0.39 is 21.6 Å². The van der Waals surface area contributed by atoms with Crippen molar-refractivity contribution in [1.29, 1.82) is 0 Å².